The Morgan fingerprint density at radius 1 is 1.29 bits per heavy atom. The number of carbonyl (C=O) groups excluding carboxylic acids is 2. The maximum Gasteiger partial charge on any atom is 0.236 e. The standard InChI is InChI=1S/C16H18N2O2S/c1-16(2,3)9-4-6-12-11(8-9)17-15(21-12)10-5-7-13(19)18-14(10)20/h4,6,8,10H,5,7H2,1-3H3,(H,18,19,20). The molecule has 1 aromatic carbocycles. The number of carbonyl (C=O) groups is 2. The Hall–Kier alpha value is -1.75. The summed E-state index contributed by atoms with van der Waals surface area (Å²) >= 11 is 1.54. The van der Waals surface area contributed by atoms with Gasteiger partial charge < -0.3 is 0 Å². The van der Waals surface area contributed by atoms with Crippen molar-refractivity contribution in [2.45, 2.75) is 44.9 Å². The topological polar surface area (TPSA) is 59.1 Å². The van der Waals surface area contributed by atoms with Gasteiger partial charge in [-0.2, -0.15) is 0 Å². The molecule has 0 saturated carbocycles. The number of amides is 2. The quantitative estimate of drug-likeness (QED) is 0.823. The Bertz CT molecular complexity index is 727. The Labute approximate surface area is 127 Å². The van der Waals surface area contributed by atoms with Crippen LogP contribution in [0.15, 0.2) is 18.2 Å². The van der Waals surface area contributed by atoms with Crippen molar-refractivity contribution < 1.29 is 9.59 Å². The Kier molecular flexibility index (Phi) is 3.32. The molecule has 4 nitrogen and oxygen atoms in total. The summed E-state index contributed by atoms with van der Waals surface area (Å²) in [6, 6.07) is 6.29. The third-order valence-electron chi connectivity index (χ3n) is 3.81. The van der Waals surface area contributed by atoms with Gasteiger partial charge in [0.05, 0.1) is 16.1 Å². The minimum Gasteiger partial charge on any atom is -0.296 e. The molecule has 1 unspecified atom stereocenters. The van der Waals surface area contributed by atoms with Crippen LogP contribution in [0.2, 0.25) is 0 Å². The van der Waals surface area contributed by atoms with Crippen molar-refractivity contribution in [1.29, 1.82) is 0 Å². The van der Waals surface area contributed by atoms with Crippen molar-refractivity contribution in [3.8, 4) is 0 Å². The Morgan fingerprint density at radius 3 is 2.71 bits per heavy atom. The van der Waals surface area contributed by atoms with Crippen LogP contribution in [-0.4, -0.2) is 16.8 Å². The van der Waals surface area contributed by atoms with Gasteiger partial charge in [0.25, 0.3) is 0 Å². The molecule has 110 valence electrons. The molecule has 1 aliphatic rings. The normalized spacial score (nSPS) is 19.9. The summed E-state index contributed by atoms with van der Waals surface area (Å²) in [5.74, 6) is -0.702. The van der Waals surface area contributed by atoms with Crippen molar-refractivity contribution in [3.05, 3.63) is 28.8 Å². The predicted molar refractivity (Wildman–Crippen MR) is 83.4 cm³/mol. The van der Waals surface area contributed by atoms with E-state index in [-0.39, 0.29) is 23.1 Å². The van der Waals surface area contributed by atoms with Crippen LogP contribution in [0.5, 0.6) is 0 Å². The minimum atomic E-state index is -0.293. The summed E-state index contributed by atoms with van der Waals surface area (Å²) < 4.78 is 1.09. The first-order chi connectivity index (χ1) is 9.84. The van der Waals surface area contributed by atoms with Crippen LogP contribution in [0.1, 0.15) is 50.1 Å². The fourth-order valence-electron chi connectivity index (χ4n) is 2.49. The molecule has 2 heterocycles. The van der Waals surface area contributed by atoms with Crippen molar-refractivity contribution in [2.75, 3.05) is 0 Å². The number of hydrogen-bond acceptors (Lipinski definition) is 4. The van der Waals surface area contributed by atoms with Crippen molar-refractivity contribution in [1.82, 2.24) is 10.3 Å². The fraction of sp³-hybridized carbons (Fsp3) is 0.438. The molecule has 1 fully saturated rings. The van der Waals surface area contributed by atoms with Gasteiger partial charge >= 0.3 is 0 Å². The van der Waals surface area contributed by atoms with Gasteiger partial charge in [-0.1, -0.05) is 26.8 Å². The van der Waals surface area contributed by atoms with Crippen LogP contribution >= 0.6 is 11.3 Å². The Morgan fingerprint density at radius 2 is 2.05 bits per heavy atom. The lowest BCUT2D eigenvalue weighted by Crippen LogP contribution is -2.39. The number of nitrogens with one attached hydrogen (secondary N) is 1. The van der Waals surface area contributed by atoms with Crippen molar-refractivity contribution >= 4 is 33.4 Å². The number of benzene rings is 1. The molecule has 1 aromatic heterocycles. The van der Waals surface area contributed by atoms with Gasteiger partial charge in [0.1, 0.15) is 5.01 Å². The maximum atomic E-state index is 11.9. The highest BCUT2D eigenvalue weighted by Crippen LogP contribution is 2.34. The molecule has 5 heteroatoms. The second-order valence-electron chi connectivity index (χ2n) is 6.49. The number of imide groups is 1. The zero-order valence-electron chi connectivity index (χ0n) is 12.4. The lowest BCUT2D eigenvalue weighted by Gasteiger charge is -2.18. The van der Waals surface area contributed by atoms with Crippen LogP contribution in [0.4, 0.5) is 0 Å². The zero-order chi connectivity index (χ0) is 15.2. The van der Waals surface area contributed by atoms with Crippen molar-refractivity contribution in [3.63, 3.8) is 0 Å². The van der Waals surface area contributed by atoms with E-state index in [4.69, 9.17) is 0 Å². The molecular formula is C16H18N2O2S. The molecule has 0 spiro atoms. The van der Waals surface area contributed by atoms with Gasteiger partial charge in [0, 0.05) is 6.42 Å². The van der Waals surface area contributed by atoms with E-state index in [2.05, 4.69) is 49.3 Å². The molecule has 1 N–H and O–H groups in total. The van der Waals surface area contributed by atoms with Crippen LogP contribution in [0.25, 0.3) is 10.2 Å². The first-order valence-corrected chi connectivity index (χ1v) is 7.91. The smallest absolute Gasteiger partial charge is 0.236 e. The van der Waals surface area contributed by atoms with Gasteiger partial charge in [0.15, 0.2) is 0 Å². The number of fused-ring (bicyclic) bond motifs is 1. The summed E-state index contributed by atoms with van der Waals surface area (Å²) in [7, 11) is 0. The SMILES string of the molecule is CC(C)(C)c1ccc2sc(C3CCC(=O)NC3=O)nc2c1. The molecule has 21 heavy (non-hydrogen) atoms. The number of hydrogen-bond donors (Lipinski definition) is 1. The van der Waals surface area contributed by atoms with E-state index < -0.39 is 0 Å². The average Bonchev–Trinajstić information content (AvgIpc) is 2.79. The molecule has 0 aliphatic carbocycles. The molecular weight excluding hydrogens is 284 g/mol. The molecule has 1 saturated heterocycles. The number of thiazole rings is 1. The highest BCUT2D eigenvalue weighted by atomic mass is 32.1. The van der Waals surface area contributed by atoms with Gasteiger partial charge in [-0.05, 0) is 29.5 Å². The summed E-state index contributed by atoms with van der Waals surface area (Å²) in [4.78, 5) is 27.8. The summed E-state index contributed by atoms with van der Waals surface area (Å²) in [5, 5.41) is 3.20. The first kappa shape index (κ1) is 14.2. The summed E-state index contributed by atoms with van der Waals surface area (Å²) in [6.07, 6.45) is 0.941. The maximum absolute atomic E-state index is 11.9. The first-order valence-electron chi connectivity index (χ1n) is 7.09. The van der Waals surface area contributed by atoms with Gasteiger partial charge in [-0.3, -0.25) is 14.9 Å². The van der Waals surface area contributed by atoms with E-state index in [1.807, 2.05) is 0 Å². The van der Waals surface area contributed by atoms with E-state index in [1.54, 1.807) is 11.3 Å². The van der Waals surface area contributed by atoms with Crippen molar-refractivity contribution in [2.24, 2.45) is 0 Å². The lowest BCUT2D eigenvalue weighted by atomic mass is 9.87. The van der Waals surface area contributed by atoms with E-state index in [0.29, 0.717) is 12.8 Å². The number of aromatic nitrogens is 1. The fourth-order valence-corrected chi connectivity index (χ4v) is 3.57. The highest BCUT2D eigenvalue weighted by Gasteiger charge is 2.30. The summed E-state index contributed by atoms with van der Waals surface area (Å²) in [6.45, 7) is 6.50. The third kappa shape index (κ3) is 2.70. The zero-order valence-corrected chi connectivity index (χ0v) is 13.2. The number of nitrogens with zero attached hydrogens (tertiary/aromatic N) is 1. The molecule has 2 aromatic rings. The molecule has 2 amide bonds. The minimum absolute atomic E-state index is 0.0760. The molecule has 1 atom stereocenters. The molecule has 3 rings (SSSR count). The number of rotatable bonds is 1. The largest absolute Gasteiger partial charge is 0.296 e. The highest BCUT2D eigenvalue weighted by molar-refractivity contribution is 7.18. The van der Waals surface area contributed by atoms with Crippen LogP contribution < -0.4 is 5.32 Å². The average molecular weight is 302 g/mol. The van der Waals surface area contributed by atoms with E-state index in [1.165, 1.54) is 5.56 Å². The van der Waals surface area contributed by atoms with E-state index in [9.17, 15) is 9.59 Å². The second kappa shape index (κ2) is 4.91. The summed E-state index contributed by atoms with van der Waals surface area (Å²) in [5.41, 5.74) is 2.24. The molecule has 0 radical (unpaired) electrons. The monoisotopic (exact) mass is 302 g/mol. The number of piperidine rings is 1. The van der Waals surface area contributed by atoms with Crippen LogP contribution in [-0.2, 0) is 15.0 Å². The van der Waals surface area contributed by atoms with E-state index >= 15 is 0 Å². The van der Waals surface area contributed by atoms with Crippen LogP contribution in [0.3, 0.4) is 0 Å². The van der Waals surface area contributed by atoms with Crippen LogP contribution in [0, 0.1) is 0 Å². The third-order valence-corrected chi connectivity index (χ3v) is 4.96. The molecule has 1 aliphatic heterocycles. The predicted octanol–water partition coefficient (Wildman–Crippen LogP) is 3.11. The Balaban J connectivity index is 1.98. The van der Waals surface area contributed by atoms with Gasteiger partial charge in [-0.15, -0.1) is 11.3 Å². The van der Waals surface area contributed by atoms with Gasteiger partial charge in [0.2, 0.25) is 11.8 Å². The molecule has 0 bridgehead atoms. The second-order valence-corrected chi connectivity index (χ2v) is 7.55. The van der Waals surface area contributed by atoms with Gasteiger partial charge in [-0.25, -0.2) is 4.98 Å². The van der Waals surface area contributed by atoms with E-state index in [0.717, 1.165) is 15.2 Å². The lowest BCUT2D eigenvalue weighted by molar-refractivity contribution is -0.134.